The molecule has 39 heavy (non-hydrogen) atoms. The number of Topliss-reactive ketones (excluding diaryl/α,β-unsaturated/α-hetero) is 2. The van der Waals surface area contributed by atoms with Gasteiger partial charge in [-0.1, -0.05) is 51.1 Å². The van der Waals surface area contributed by atoms with E-state index < -0.39 is 58.4 Å². The van der Waals surface area contributed by atoms with Crippen molar-refractivity contribution in [3.8, 4) is 16.9 Å². The van der Waals surface area contributed by atoms with Crippen LogP contribution >= 0.6 is 0 Å². The molecule has 8 heteroatoms. The summed E-state index contributed by atoms with van der Waals surface area (Å²) in [7, 11) is 3.42. The molecule has 0 spiro atoms. The van der Waals surface area contributed by atoms with Crippen molar-refractivity contribution < 1.29 is 29.7 Å². The van der Waals surface area contributed by atoms with E-state index in [-0.39, 0.29) is 22.3 Å². The van der Waals surface area contributed by atoms with Crippen LogP contribution < -0.4 is 5.73 Å². The summed E-state index contributed by atoms with van der Waals surface area (Å²) < 4.78 is 0. The minimum absolute atomic E-state index is 0.0203. The lowest BCUT2D eigenvalue weighted by atomic mass is 9.60. The summed E-state index contributed by atoms with van der Waals surface area (Å²) in [6, 6.07) is 10.7. The molecule has 2 aromatic carbocycles. The van der Waals surface area contributed by atoms with Crippen LogP contribution in [-0.4, -0.2) is 57.8 Å². The van der Waals surface area contributed by atoms with Gasteiger partial charge in [-0.05, 0) is 72.5 Å². The number of likely N-dealkylation sites (N-methyl/N-ethyl adjacent to an activating group) is 1. The molecule has 0 aromatic heterocycles. The number of hydrogen-bond donors (Lipinski definition) is 4. The maximum absolute atomic E-state index is 13.9. The molecule has 2 aromatic rings. The fraction of sp³-hybridized carbons (Fsp3) is 0.387. The third-order valence-corrected chi connectivity index (χ3v) is 8.51. The predicted octanol–water partition coefficient (Wildman–Crippen LogP) is 3.97. The number of phenols is 1. The number of benzene rings is 2. The first-order valence-electron chi connectivity index (χ1n) is 13.1. The molecule has 3 aliphatic carbocycles. The van der Waals surface area contributed by atoms with Crippen LogP contribution in [0.3, 0.4) is 0 Å². The lowest BCUT2D eigenvalue weighted by Crippen LogP contribution is -2.53. The van der Waals surface area contributed by atoms with Crippen LogP contribution in [0.15, 0.2) is 59.1 Å². The van der Waals surface area contributed by atoms with Gasteiger partial charge in [-0.15, -0.1) is 0 Å². The number of ketones is 2. The van der Waals surface area contributed by atoms with E-state index in [9.17, 15) is 29.7 Å². The fourth-order valence-corrected chi connectivity index (χ4v) is 6.69. The Bertz CT molecular complexity index is 1480. The van der Waals surface area contributed by atoms with Crippen molar-refractivity contribution in [3.63, 3.8) is 0 Å². The van der Waals surface area contributed by atoms with E-state index in [1.807, 2.05) is 12.1 Å². The Morgan fingerprint density at radius 2 is 1.62 bits per heavy atom. The zero-order valence-corrected chi connectivity index (χ0v) is 22.8. The summed E-state index contributed by atoms with van der Waals surface area (Å²) in [5, 5.41) is 33.1. The number of fused-ring (bicyclic) bond motifs is 3. The summed E-state index contributed by atoms with van der Waals surface area (Å²) >= 11 is 0. The Morgan fingerprint density at radius 1 is 0.974 bits per heavy atom. The van der Waals surface area contributed by atoms with Crippen molar-refractivity contribution in [1.82, 2.24) is 4.90 Å². The number of allylic oxidation sites excluding steroid dienone is 2. The summed E-state index contributed by atoms with van der Waals surface area (Å²) in [5.41, 5.74) is 8.64. The number of amides is 1. The minimum Gasteiger partial charge on any atom is -0.511 e. The number of carbonyl (C=O) groups is 3. The molecule has 0 heterocycles. The zero-order chi connectivity index (χ0) is 28.5. The number of nitrogens with two attached hydrogens (primary N) is 1. The lowest BCUT2D eigenvalue weighted by Gasteiger charge is -2.46. The second-order valence-electron chi connectivity index (χ2n) is 12.1. The largest absolute Gasteiger partial charge is 0.511 e. The molecule has 0 aliphatic heterocycles. The van der Waals surface area contributed by atoms with Crippen molar-refractivity contribution >= 4 is 17.5 Å². The molecule has 0 saturated heterocycles. The van der Waals surface area contributed by atoms with Gasteiger partial charge in [-0.25, -0.2) is 0 Å². The van der Waals surface area contributed by atoms with Crippen molar-refractivity contribution in [1.29, 1.82) is 0 Å². The average molecular weight is 531 g/mol. The van der Waals surface area contributed by atoms with E-state index in [4.69, 9.17) is 5.73 Å². The highest BCUT2D eigenvalue weighted by molar-refractivity contribution is 6.22. The van der Waals surface area contributed by atoms with Crippen LogP contribution in [0.2, 0.25) is 0 Å². The van der Waals surface area contributed by atoms with Gasteiger partial charge in [0.1, 0.15) is 22.8 Å². The Kier molecular flexibility index (Phi) is 6.22. The van der Waals surface area contributed by atoms with Crippen LogP contribution in [0.1, 0.15) is 48.7 Å². The van der Waals surface area contributed by atoms with Crippen LogP contribution in [0.4, 0.5) is 0 Å². The van der Waals surface area contributed by atoms with Gasteiger partial charge in [0, 0.05) is 5.57 Å². The Balaban J connectivity index is 1.64. The highest BCUT2D eigenvalue weighted by Crippen LogP contribution is 2.51. The van der Waals surface area contributed by atoms with E-state index in [1.165, 1.54) is 11.6 Å². The molecule has 204 valence electrons. The summed E-state index contributed by atoms with van der Waals surface area (Å²) in [4.78, 5) is 41.0. The highest BCUT2D eigenvalue weighted by Gasteiger charge is 2.54. The molecule has 3 aliphatic rings. The predicted molar refractivity (Wildman–Crippen MR) is 146 cm³/mol. The number of rotatable bonds is 3. The molecule has 1 amide bonds. The molecule has 0 fully saturated rings. The first kappa shape index (κ1) is 26.7. The zero-order valence-electron chi connectivity index (χ0n) is 22.8. The maximum Gasteiger partial charge on any atom is 0.255 e. The average Bonchev–Trinajstić information content (AvgIpc) is 2.83. The molecule has 3 unspecified atom stereocenters. The monoisotopic (exact) mass is 530 g/mol. The number of aromatic hydroxyl groups is 1. The molecule has 5 N–H and O–H groups in total. The molecule has 0 saturated carbocycles. The number of phenolic OH excluding ortho intramolecular Hbond substituents is 1. The SMILES string of the molecule is CN(C)[C@@H]1C(O)=C(C(N)=O)C(=O)C2C(O)=C3C(=O)c4c(O)ccc(-c5ccc(C(C)(C)C)cc5)c4CC3CC21. The number of aliphatic hydroxyl groups is 2. The van der Waals surface area contributed by atoms with Crippen molar-refractivity contribution in [2.45, 2.75) is 45.1 Å². The minimum atomic E-state index is -1.19. The van der Waals surface area contributed by atoms with Crippen molar-refractivity contribution in [3.05, 3.63) is 75.8 Å². The highest BCUT2D eigenvalue weighted by atomic mass is 16.3. The van der Waals surface area contributed by atoms with Gasteiger partial charge < -0.3 is 21.1 Å². The normalized spacial score (nSPS) is 25.0. The van der Waals surface area contributed by atoms with E-state index in [1.54, 1.807) is 25.1 Å². The number of primary amides is 1. The number of aliphatic hydroxyl groups excluding tert-OH is 2. The van der Waals surface area contributed by atoms with Gasteiger partial charge in [0.25, 0.3) is 5.91 Å². The van der Waals surface area contributed by atoms with E-state index in [2.05, 4.69) is 32.9 Å². The number of carbonyl (C=O) groups excluding carboxylic acids is 3. The molecule has 8 nitrogen and oxygen atoms in total. The first-order chi connectivity index (χ1) is 18.2. The van der Waals surface area contributed by atoms with E-state index in [0.717, 1.165) is 11.1 Å². The second-order valence-corrected chi connectivity index (χ2v) is 12.1. The standard InChI is InChI=1S/C31H34N2O6/c1-31(2,3)16-8-6-14(7-9-16)17-10-11-20(34)22-18(17)12-15-13-19-23(27(36)21(15)26(22)35)28(37)24(30(32)39)29(38)25(19)33(4)5/h6-11,15,19,23,25,34,36,38H,12-13H2,1-5H3,(H2,32,39)/t15?,19?,23?,25-/m0/s1. The quantitative estimate of drug-likeness (QED) is 0.440. The fourth-order valence-electron chi connectivity index (χ4n) is 6.69. The van der Waals surface area contributed by atoms with Gasteiger partial charge in [0.15, 0.2) is 11.6 Å². The van der Waals surface area contributed by atoms with Crippen LogP contribution in [0.25, 0.3) is 11.1 Å². The van der Waals surface area contributed by atoms with Crippen LogP contribution in [-0.2, 0) is 21.4 Å². The van der Waals surface area contributed by atoms with E-state index in [0.29, 0.717) is 18.4 Å². The third kappa shape index (κ3) is 4.05. The molecular formula is C31H34N2O6. The Hall–Kier alpha value is -3.91. The molecule has 0 radical (unpaired) electrons. The van der Waals surface area contributed by atoms with Gasteiger partial charge in [0.05, 0.1) is 17.5 Å². The maximum atomic E-state index is 13.9. The first-order valence-corrected chi connectivity index (χ1v) is 13.1. The molecule has 0 bridgehead atoms. The molecular weight excluding hydrogens is 496 g/mol. The van der Waals surface area contributed by atoms with Gasteiger partial charge in [-0.2, -0.15) is 0 Å². The summed E-state index contributed by atoms with van der Waals surface area (Å²) in [5.74, 6) is -5.62. The summed E-state index contributed by atoms with van der Waals surface area (Å²) in [6.45, 7) is 6.41. The van der Waals surface area contributed by atoms with Gasteiger partial charge >= 0.3 is 0 Å². The topological polar surface area (TPSA) is 141 Å². The van der Waals surface area contributed by atoms with Crippen LogP contribution in [0, 0.1) is 17.8 Å². The van der Waals surface area contributed by atoms with Crippen molar-refractivity contribution in [2.75, 3.05) is 14.1 Å². The van der Waals surface area contributed by atoms with Gasteiger partial charge in [0.2, 0.25) is 0 Å². The number of hydrogen-bond acceptors (Lipinski definition) is 7. The molecule has 4 atom stereocenters. The van der Waals surface area contributed by atoms with Gasteiger partial charge in [-0.3, -0.25) is 19.3 Å². The second kappa shape index (κ2) is 9.09. The lowest BCUT2D eigenvalue weighted by molar-refractivity contribution is -0.127. The number of nitrogens with zero attached hydrogens (tertiary/aromatic N) is 1. The van der Waals surface area contributed by atoms with E-state index >= 15 is 0 Å². The van der Waals surface area contributed by atoms with Crippen LogP contribution in [0.5, 0.6) is 5.75 Å². The third-order valence-electron chi connectivity index (χ3n) is 8.51. The Morgan fingerprint density at radius 3 is 2.18 bits per heavy atom. The summed E-state index contributed by atoms with van der Waals surface area (Å²) in [6.07, 6.45) is 0.675. The van der Waals surface area contributed by atoms with Crippen molar-refractivity contribution in [2.24, 2.45) is 23.5 Å². The smallest absolute Gasteiger partial charge is 0.255 e. The molecule has 5 rings (SSSR count). The Labute approximate surface area is 227 Å².